The third-order valence-corrected chi connectivity index (χ3v) is 2.82. The van der Waals surface area contributed by atoms with Gasteiger partial charge in [-0.3, -0.25) is 0 Å². The number of benzene rings is 1. The van der Waals surface area contributed by atoms with Crippen LogP contribution in [0, 0.1) is 0 Å². The Labute approximate surface area is 126 Å². The average Bonchev–Trinajstić information content (AvgIpc) is 2.37. The molecule has 0 bridgehead atoms. The largest absolute Gasteiger partial charge is 1.00 e. The summed E-state index contributed by atoms with van der Waals surface area (Å²) >= 11 is 0. The summed E-state index contributed by atoms with van der Waals surface area (Å²) in [5.41, 5.74) is 3.29. The summed E-state index contributed by atoms with van der Waals surface area (Å²) in [5, 5.41) is 4.52. The maximum absolute atomic E-state index is 11.4. The standard InChI is InChI=1S/C13H20N2O2.HI/c1-5-9-7-8-11(14-3)10(6-2)12(9)17-13(16)15-4;/h7-8,14H,5-6H2,1-4H3,(H,15,16);1H. The summed E-state index contributed by atoms with van der Waals surface area (Å²) < 4.78 is 5.38. The van der Waals surface area contributed by atoms with Crippen LogP contribution >= 0.6 is 0 Å². The number of carbonyl (C=O) groups excluding carboxylic acids is 1. The van der Waals surface area contributed by atoms with Crippen molar-refractivity contribution < 1.29 is 38.8 Å². The second-order valence-corrected chi connectivity index (χ2v) is 3.76. The predicted octanol–water partition coefficient (Wildman–Crippen LogP) is -1.64. The van der Waals surface area contributed by atoms with Gasteiger partial charge in [-0.2, -0.15) is 0 Å². The number of nitrogens with two attached hydrogens (primary N) is 1. The van der Waals surface area contributed by atoms with E-state index in [0.29, 0.717) is 5.75 Å². The molecule has 1 aromatic rings. The fourth-order valence-corrected chi connectivity index (χ4v) is 1.88. The second kappa shape index (κ2) is 8.31. The van der Waals surface area contributed by atoms with Crippen LogP contribution in [0.25, 0.3) is 0 Å². The van der Waals surface area contributed by atoms with Gasteiger partial charge in [-0.15, -0.1) is 0 Å². The molecule has 4 nitrogen and oxygen atoms in total. The zero-order chi connectivity index (χ0) is 12.8. The summed E-state index contributed by atoms with van der Waals surface area (Å²) in [5.74, 6) is 0.713. The molecule has 0 aliphatic heterocycles. The van der Waals surface area contributed by atoms with E-state index in [1.54, 1.807) is 7.05 Å². The minimum atomic E-state index is -0.414. The maximum Gasteiger partial charge on any atom is 0.412 e. The van der Waals surface area contributed by atoms with E-state index in [0.717, 1.165) is 29.7 Å². The molecule has 1 rings (SSSR count). The number of quaternary nitrogens is 1. The monoisotopic (exact) mass is 364 g/mol. The lowest BCUT2D eigenvalue weighted by molar-refractivity contribution is -0.540. The smallest absolute Gasteiger partial charge is 0.412 e. The lowest BCUT2D eigenvalue weighted by Crippen LogP contribution is -3.00. The first-order valence-electron chi connectivity index (χ1n) is 6.01. The van der Waals surface area contributed by atoms with Crippen LogP contribution in [0.1, 0.15) is 25.0 Å². The van der Waals surface area contributed by atoms with Crippen molar-refractivity contribution in [2.24, 2.45) is 0 Å². The maximum atomic E-state index is 11.4. The molecule has 0 saturated carbocycles. The first-order chi connectivity index (χ1) is 8.17. The molecule has 1 aromatic carbocycles. The highest BCUT2D eigenvalue weighted by Crippen LogP contribution is 2.29. The molecule has 0 spiro atoms. The molecule has 0 aliphatic rings. The summed E-state index contributed by atoms with van der Waals surface area (Å²) in [7, 11) is 3.55. The molecule has 18 heavy (non-hydrogen) atoms. The van der Waals surface area contributed by atoms with E-state index in [2.05, 4.69) is 25.2 Å². The number of hydrogen-bond donors (Lipinski definition) is 2. The van der Waals surface area contributed by atoms with Crippen molar-refractivity contribution in [3.8, 4) is 5.75 Å². The SMILES string of the molecule is CCc1ccc([NH2+]C)c(CC)c1OC(=O)NC.[I-]. The van der Waals surface area contributed by atoms with Crippen LogP contribution in [0.4, 0.5) is 10.5 Å². The lowest BCUT2D eigenvalue weighted by atomic mass is 10.0. The molecule has 3 N–H and O–H groups in total. The third-order valence-electron chi connectivity index (χ3n) is 2.82. The number of halogens is 1. The number of amides is 1. The van der Waals surface area contributed by atoms with Gasteiger partial charge in [0.05, 0.1) is 12.6 Å². The molecule has 0 radical (unpaired) electrons. The van der Waals surface area contributed by atoms with Crippen LogP contribution in [0.5, 0.6) is 5.75 Å². The minimum Gasteiger partial charge on any atom is -1.00 e. The summed E-state index contributed by atoms with van der Waals surface area (Å²) in [6.45, 7) is 4.12. The van der Waals surface area contributed by atoms with Gasteiger partial charge in [0.2, 0.25) is 0 Å². The molecular weight excluding hydrogens is 343 g/mol. The van der Waals surface area contributed by atoms with Gasteiger partial charge in [-0.05, 0) is 30.5 Å². The van der Waals surface area contributed by atoms with Crippen LogP contribution < -0.4 is 39.3 Å². The number of aryl methyl sites for hydroxylation is 1. The molecule has 102 valence electrons. The molecule has 0 atom stereocenters. The van der Waals surface area contributed by atoms with E-state index in [-0.39, 0.29) is 24.0 Å². The molecule has 0 heterocycles. The van der Waals surface area contributed by atoms with Gasteiger partial charge in [-0.1, -0.05) is 13.8 Å². The van der Waals surface area contributed by atoms with E-state index in [1.807, 2.05) is 18.4 Å². The second-order valence-electron chi connectivity index (χ2n) is 3.76. The summed E-state index contributed by atoms with van der Waals surface area (Å²) in [6, 6.07) is 4.10. The molecule has 5 heteroatoms. The molecular formula is C13H21IN2O2. The van der Waals surface area contributed by atoms with E-state index < -0.39 is 6.09 Å². The van der Waals surface area contributed by atoms with Crippen molar-refractivity contribution in [2.75, 3.05) is 14.1 Å². The highest BCUT2D eigenvalue weighted by atomic mass is 127. The number of ether oxygens (including phenoxy) is 1. The van der Waals surface area contributed by atoms with Gasteiger partial charge in [0.1, 0.15) is 11.4 Å². The number of rotatable bonds is 4. The molecule has 0 aliphatic carbocycles. The number of carbonyl (C=O) groups is 1. The van der Waals surface area contributed by atoms with Gasteiger partial charge in [0.15, 0.2) is 0 Å². The minimum absolute atomic E-state index is 0. The van der Waals surface area contributed by atoms with Crippen molar-refractivity contribution in [1.29, 1.82) is 0 Å². The van der Waals surface area contributed by atoms with Crippen LogP contribution in [-0.4, -0.2) is 20.2 Å². The zero-order valence-electron chi connectivity index (χ0n) is 11.3. The highest BCUT2D eigenvalue weighted by molar-refractivity contribution is 5.72. The van der Waals surface area contributed by atoms with Crippen molar-refractivity contribution in [3.05, 3.63) is 23.3 Å². The van der Waals surface area contributed by atoms with Gasteiger partial charge in [0, 0.05) is 7.05 Å². The van der Waals surface area contributed by atoms with E-state index in [1.165, 1.54) is 0 Å². The third kappa shape index (κ3) is 3.84. The number of hydrogen-bond acceptors (Lipinski definition) is 2. The van der Waals surface area contributed by atoms with Gasteiger partial charge in [0.25, 0.3) is 0 Å². The van der Waals surface area contributed by atoms with Gasteiger partial charge >= 0.3 is 6.09 Å². The average molecular weight is 364 g/mol. The van der Waals surface area contributed by atoms with Crippen LogP contribution in [0.3, 0.4) is 0 Å². The topological polar surface area (TPSA) is 54.9 Å². The fraction of sp³-hybridized carbons (Fsp3) is 0.462. The van der Waals surface area contributed by atoms with Crippen molar-refractivity contribution >= 4 is 11.8 Å². The van der Waals surface area contributed by atoms with Crippen molar-refractivity contribution in [2.45, 2.75) is 26.7 Å². The quantitative estimate of drug-likeness (QED) is 0.498. The Morgan fingerprint density at radius 2 is 2.00 bits per heavy atom. The van der Waals surface area contributed by atoms with Crippen LogP contribution in [-0.2, 0) is 12.8 Å². The Morgan fingerprint density at radius 3 is 2.44 bits per heavy atom. The molecule has 0 fully saturated rings. The van der Waals surface area contributed by atoms with Crippen molar-refractivity contribution in [3.63, 3.8) is 0 Å². The first-order valence-corrected chi connectivity index (χ1v) is 6.01. The van der Waals surface area contributed by atoms with E-state index in [9.17, 15) is 4.79 Å². The Kier molecular flexibility index (Phi) is 7.93. The Morgan fingerprint density at radius 1 is 1.33 bits per heavy atom. The molecule has 1 amide bonds. The van der Waals surface area contributed by atoms with Crippen molar-refractivity contribution in [1.82, 2.24) is 5.32 Å². The molecule has 0 unspecified atom stereocenters. The fourth-order valence-electron chi connectivity index (χ4n) is 1.88. The normalized spacial score (nSPS) is 9.56. The molecule has 0 aromatic heterocycles. The Balaban J connectivity index is 0.00000289. The predicted molar refractivity (Wildman–Crippen MR) is 67.8 cm³/mol. The lowest BCUT2D eigenvalue weighted by Gasteiger charge is -2.14. The summed E-state index contributed by atoms with van der Waals surface area (Å²) in [4.78, 5) is 11.4. The van der Waals surface area contributed by atoms with E-state index in [4.69, 9.17) is 4.74 Å². The Bertz CT molecular complexity index is 408. The van der Waals surface area contributed by atoms with E-state index >= 15 is 0 Å². The van der Waals surface area contributed by atoms with Crippen LogP contribution in [0.15, 0.2) is 12.1 Å². The number of nitrogens with one attached hydrogen (secondary N) is 1. The van der Waals surface area contributed by atoms with Crippen LogP contribution in [0.2, 0.25) is 0 Å². The molecule has 0 saturated heterocycles. The van der Waals surface area contributed by atoms with Gasteiger partial charge < -0.3 is 39.3 Å². The Hall–Kier alpha value is -0.820. The van der Waals surface area contributed by atoms with Gasteiger partial charge in [-0.25, -0.2) is 4.79 Å². The zero-order valence-corrected chi connectivity index (χ0v) is 13.5. The highest BCUT2D eigenvalue weighted by Gasteiger charge is 2.16. The summed E-state index contributed by atoms with van der Waals surface area (Å²) in [6.07, 6.45) is 1.28. The first kappa shape index (κ1) is 17.2.